The number of para-hydroxylation sites is 2. The van der Waals surface area contributed by atoms with Crippen molar-refractivity contribution in [2.45, 2.75) is 0 Å². The number of benzene rings is 4. The molecule has 4 aromatic rings. The van der Waals surface area contributed by atoms with Crippen molar-refractivity contribution < 1.29 is 14.3 Å². The standard InChI is InChI=1S/C23H16O3/c24-23(26-20-15-14-17-8-4-5-9-18(17)16-20)21-12-6-7-13-22(21)25-19-10-2-1-3-11-19/h1-16H. The first-order valence-electron chi connectivity index (χ1n) is 8.32. The summed E-state index contributed by atoms with van der Waals surface area (Å²) in [4.78, 5) is 12.7. The van der Waals surface area contributed by atoms with Crippen LogP contribution in [0.3, 0.4) is 0 Å². The van der Waals surface area contributed by atoms with Crippen molar-refractivity contribution in [3.05, 3.63) is 103 Å². The first kappa shape index (κ1) is 15.9. The van der Waals surface area contributed by atoms with E-state index in [1.165, 1.54) is 0 Å². The van der Waals surface area contributed by atoms with Crippen molar-refractivity contribution in [2.75, 3.05) is 0 Å². The molecule has 0 spiro atoms. The zero-order valence-electron chi connectivity index (χ0n) is 14.0. The first-order valence-corrected chi connectivity index (χ1v) is 8.32. The predicted molar refractivity (Wildman–Crippen MR) is 102 cm³/mol. The zero-order chi connectivity index (χ0) is 17.8. The summed E-state index contributed by atoms with van der Waals surface area (Å²) in [6.45, 7) is 0. The molecule has 3 heteroatoms. The van der Waals surface area contributed by atoms with Crippen LogP contribution < -0.4 is 9.47 Å². The number of rotatable bonds is 4. The lowest BCUT2D eigenvalue weighted by atomic mass is 10.1. The van der Waals surface area contributed by atoms with Gasteiger partial charge in [-0.25, -0.2) is 4.79 Å². The van der Waals surface area contributed by atoms with Gasteiger partial charge in [-0.05, 0) is 47.2 Å². The fraction of sp³-hybridized carbons (Fsp3) is 0. The molecule has 0 fully saturated rings. The van der Waals surface area contributed by atoms with E-state index in [1.54, 1.807) is 24.3 Å². The third kappa shape index (κ3) is 3.42. The van der Waals surface area contributed by atoms with E-state index in [2.05, 4.69) is 0 Å². The molecule has 4 rings (SSSR count). The molecule has 0 atom stereocenters. The molecule has 0 aromatic heterocycles. The van der Waals surface area contributed by atoms with Crippen LogP contribution in [0.25, 0.3) is 10.8 Å². The summed E-state index contributed by atoms with van der Waals surface area (Å²) >= 11 is 0. The van der Waals surface area contributed by atoms with Gasteiger partial charge in [-0.15, -0.1) is 0 Å². The highest BCUT2D eigenvalue weighted by Crippen LogP contribution is 2.27. The molecule has 0 radical (unpaired) electrons. The summed E-state index contributed by atoms with van der Waals surface area (Å²) in [5.41, 5.74) is 0.379. The molecule has 0 bridgehead atoms. The summed E-state index contributed by atoms with van der Waals surface area (Å²) < 4.78 is 11.4. The Morgan fingerprint density at radius 3 is 2.15 bits per heavy atom. The van der Waals surface area contributed by atoms with E-state index in [4.69, 9.17) is 9.47 Å². The third-order valence-electron chi connectivity index (χ3n) is 4.01. The van der Waals surface area contributed by atoms with Gasteiger partial charge in [-0.2, -0.15) is 0 Å². The number of carbonyl (C=O) groups excluding carboxylic acids is 1. The molecule has 4 aromatic carbocycles. The Morgan fingerprint density at radius 1 is 0.615 bits per heavy atom. The van der Waals surface area contributed by atoms with Gasteiger partial charge in [0.1, 0.15) is 22.8 Å². The SMILES string of the molecule is O=C(Oc1ccc2ccccc2c1)c1ccccc1Oc1ccccc1. The minimum atomic E-state index is -0.452. The van der Waals surface area contributed by atoms with Crippen LogP contribution in [0, 0.1) is 0 Å². The molecule has 0 aliphatic carbocycles. The van der Waals surface area contributed by atoms with Gasteiger partial charge in [0.15, 0.2) is 0 Å². The van der Waals surface area contributed by atoms with Crippen LogP contribution in [0.5, 0.6) is 17.2 Å². The van der Waals surface area contributed by atoms with Crippen LogP contribution in [0.2, 0.25) is 0 Å². The number of ether oxygens (including phenoxy) is 2. The molecule has 26 heavy (non-hydrogen) atoms. The van der Waals surface area contributed by atoms with E-state index in [9.17, 15) is 4.79 Å². The Labute approximate surface area is 151 Å². The van der Waals surface area contributed by atoms with Crippen molar-refractivity contribution in [1.82, 2.24) is 0 Å². The predicted octanol–water partition coefficient (Wildman–Crippen LogP) is 5.85. The summed E-state index contributed by atoms with van der Waals surface area (Å²) in [6, 6.07) is 29.9. The maximum Gasteiger partial charge on any atom is 0.347 e. The van der Waals surface area contributed by atoms with E-state index in [0.29, 0.717) is 22.8 Å². The Hall–Kier alpha value is -3.59. The van der Waals surface area contributed by atoms with E-state index in [0.717, 1.165) is 10.8 Å². The lowest BCUT2D eigenvalue weighted by molar-refractivity contribution is 0.0732. The van der Waals surface area contributed by atoms with Crippen LogP contribution in [0.1, 0.15) is 10.4 Å². The fourth-order valence-electron chi connectivity index (χ4n) is 2.73. The fourth-order valence-corrected chi connectivity index (χ4v) is 2.73. The molecule has 0 aliphatic rings. The van der Waals surface area contributed by atoms with Crippen molar-refractivity contribution in [1.29, 1.82) is 0 Å². The Bertz CT molecular complexity index is 1050. The molecular formula is C23H16O3. The lowest BCUT2D eigenvalue weighted by Gasteiger charge is -2.11. The molecular weight excluding hydrogens is 324 g/mol. The van der Waals surface area contributed by atoms with E-state index in [1.807, 2.05) is 72.8 Å². The van der Waals surface area contributed by atoms with E-state index >= 15 is 0 Å². The minimum Gasteiger partial charge on any atom is -0.456 e. The van der Waals surface area contributed by atoms with E-state index < -0.39 is 5.97 Å². The van der Waals surface area contributed by atoms with Gasteiger partial charge in [-0.3, -0.25) is 0 Å². The number of fused-ring (bicyclic) bond motifs is 1. The third-order valence-corrected chi connectivity index (χ3v) is 4.01. The first-order chi connectivity index (χ1) is 12.8. The molecule has 0 aliphatic heterocycles. The highest BCUT2D eigenvalue weighted by molar-refractivity contribution is 5.94. The molecule has 0 unspecified atom stereocenters. The molecule has 0 saturated heterocycles. The van der Waals surface area contributed by atoms with Crippen LogP contribution >= 0.6 is 0 Å². The van der Waals surface area contributed by atoms with Crippen molar-refractivity contribution in [3.8, 4) is 17.2 Å². The minimum absolute atomic E-state index is 0.379. The van der Waals surface area contributed by atoms with Gasteiger partial charge in [0.05, 0.1) is 0 Å². The number of carbonyl (C=O) groups is 1. The largest absolute Gasteiger partial charge is 0.456 e. The van der Waals surface area contributed by atoms with Gasteiger partial charge in [0.2, 0.25) is 0 Å². The van der Waals surface area contributed by atoms with Gasteiger partial charge in [-0.1, -0.05) is 60.7 Å². The van der Waals surface area contributed by atoms with Gasteiger partial charge in [0.25, 0.3) is 0 Å². The maximum absolute atomic E-state index is 12.7. The average Bonchev–Trinajstić information content (AvgIpc) is 2.69. The van der Waals surface area contributed by atoms with Crippen molar-refractivity contribution in [2.24, 2.45) is 0 Å². The zero-order valence-corrected chi connectivity index (χ0v) is 14.0. The van der Waals surface area contributed by atoms with Gasteiger partial charge < -0.3 is 9.47 Å². The summed E-state index contributed by atoms with van der Waals surface area (Å²) in [6.07, 6.45) is 0. The maximum atomic E-state index is 12.7. The van der Waals surface area contributed by atoms with Crippen LogP contribution in [-0.2, 0) is 0 Å². The second kappa shape index (κ2) is 7.11. The average molecular weight is 340 g/mol. The number of esters is 1. The lowest BCUT2D eigenvalue weighted by Crippen LogP contribution is -2.09. The van der Waals surface area contributed by atoms with Crippen molar-refractivity contribution in [3.63, 3.8) is 0 Å². The van der Waals surface area contributed by atoms with Crippen molar-refractivity contribution >= 4 is 16.7 Å². The number of hydrogen-bond donors (Lipinski definition) is 0. The monoisotopic (exact) mass is 340 g/mol. The summed E-state index contributed by atoms with van der Waals surface area (Å²) in [5.74, 6) is 1.18. The Balaban J connectivity index is 1.59. The number of hydrogen-bond acceptors (Lipinski definition) is 3. The molecule has 126 valence electrons. The smallest absolute Gasteiger partial charge is 0.347 e. The quantitative estimate of drug-likeness (QED) is 0.345. The molecule has 0 heterocycles. The van der Waals surface area contributed by atoms with Gasteiger partial charge in [0, 0.05) is 0 Å². The van der Waals surface area contributed by atoms with Gasteiger partial charge >= 0.3 is 5.97 Å². The topological polar surface area (TPSA) is 35.5 Å². The summed E-state index contributed by atoms with van der Waals surface area (Å²) in [5, 5.41) is 2.12. The Morgan fingerprint density at radius 2 is 1.31 bits per heavy atom. The highest BCUT2D eigenvalue weighted by atomic mass is 16.5. The second-order valence-electron chi connectivity index (χ2n) is 5.81. The van der Waals surface area contributed by atoms with Crippen LogP contribution in [0.15, 0.2) is 97.1 Å². The normalized spacial score (nSPS) is 10.5. The van der Waals surface area contributed by atoms with Crippen LogP contribution in [-0.4, -0.2) is 5.97 Å². The molecule has 0 amide bonds. The highest BCUT2D eigenvalue weighted by Gasteiger charge is 2.15. The summed E-state index contributed by atoms with van der Waals surface area (Å²) in [7, 11) is 0. The molecule has 3 nitrogen and oxygen atoms in total. The molecule has 0 N–H and O–H groups in total. The molecule has 0 saturated carbocycles. The van der Waals surface area contributed by atoms with Crippen LogP contribution in [0.4, 0.5) is 0 Å². The second-order valence-corrected chi connectivity index (χ2v) is 5.81. The Kier molecular flexibility index (Phi) is 4.35. The van der Waals surface area contributed by atoms with E-state index in [-0.39, 0.29) is 0 Å².